The van der Waals surface area contributed by atoms with Crippen molar-refractivity contribution in [2.75, 3.05) is 6.54 Å². The van der Waals surface area contributed by atoms with Gasteiger partial charge in [0.15, 0.2) is 0 Å². The second-order valence-corrected chi connectivity index (χ2v) is 3.93. The van der Waals surface area contributed by atoms with Gasteiger partial charge in [-0.25, -0.2) is 9.97 Å². The van der Waals surface area contributed by atoms with Crippen molar-refractivity contribution < 1.29 is 5.11 Å². The topological polar surface area (TPSA) is 58.0 Å². The Kier molecular flexibility index (Phi) is 2.74. The molecule has 1 aliphatic carbocycles. The van der Waals surface area contributed by atoms with Crippen LogP contribution in [-0.4, -0.2) is 27.2 Å². The number of nitrogens with one attached hydrogen (secondary N) is 1. The Morgan fingerprint density at radius 2 is 2.07 bits per heavy atom. The van der Waals surface area contributed by atoms with Crippen LogP contribution in [0.2, 0.25) is 0 Å². The summed E-state index contributed by atoms with van der Waals surface area (Å²) in [4.78, 5) is 7.84. The van der Waals surface area contributed by atoms with Crippen LogP contribution in [0, 0.1) is 0 Å². The highest BCUT2D eigenvalue weighted by Crippen LogP contribution is 2.30. The summed E-state index contributed by atoms with van der Waals surface area (Å²) >= 11 is 0. The number of rotatable bonds is 4. The van der Waals surface area contributed by atoms with Gasteiger partial charge in [-0.2, -0.15) is 0 Å². The van der Waals surface area contributed by atoms with E-state index in [0.717, 1.165) is 31.4 Å². The lowest BCUT2D eigenvalue weighted by Gasteiger charge is -2.36. The first kappa shape index (κ1) is 9.55. The van der Waals surface area contributed by atoms with E-state index in [9.17, 15) is 5.11 Å². The van der Waals surface area contributed by atoms with Gasteiger partial charge in [0.2, 0.25) is 0 Å². The van der Waals surface area contributed by atoms with Gasteiger partial charge in [0.25, 0.3) is 0 Å². The van der Waals surface area contributed by atoms with Crippen molar-refractivity contribution >= 4 is 0 Å². The molecule has 0 bridgehead atoms. The average molecular weight is 193 g/mol. The smallest absolute Gasteiger partial charge is 0.115 e. The van der Waals surface area contributed by atoms with Gasteiger partial charge in [0, 0.05) is 31.0 Å². The van der Waals surface area contributed by atoms with Crippen LogP contribution in [0.5, 0.6) is 0 Å². The van der Waals surface area contributed by atoms with Gasteiger partial charge in [-0.05, 0) is 19.3 Å². The third-order valence-corrected chi connectivity index (χ3v) is 2.68. The highest BCUT2D eigenvalue weighted by molar-refractivity contribution is 5.02. The Bertz CT molecular complexity index is 285. The summed E-state index contributed by atoms with van der Waals surface area (Å²) in [7, 11) is 0. The first-order valence-electron chi connectivity index (χ1n) is 4.96. The lowest BCUT2D eigenvalue weighted by atomic mass is 9.80. The molecule has 1 aromatic heterocycles. The lowest BCUT2D eigenvalue weighted by Crippen LogP contribution is -2.45. The fourth-order valence-corrected chi connectivity index (χ4v) is 1.62. The molecule has 1 aromatic rings. The Balaban J connectivity index is 1.73. The molecule has 1 fully saturated rings. The van der Waals surface area contributed by atoms with Crippen molar-refractivity contribution in [1.82, 2.24) is 15.3 Å². The molecule has 0 unspecified atom stereocenters. The van der Waals surface area contributed by atoms with E-state index in [4.69, 9.17) is 0 Å². The van der Waals surface area contributed by atoms with Gasteiger partial charge < -0.3 is 10.4 Å². The molecule has 0 aromatic carbocycles. The average Bonchev–Trinajstić information content (AvgIpc) is 2.17. The molecule has 0 spiro atoms. The van der Waals surface area contributed by atoms with Crippen LogP contribution < -0.4 is 5.32 Å². The van der Waals surface area contributed by atoms with Gasteiger partial charge in [0.05, 0.1) is 5.60 Å². The fourth-order valence-electron chi connectivity index (χ4n) is 1.62. The molecule has 1 saturated carbocycles. The van der Waals surface area contributed by atoms with Crippen LogP contribution >= 0.6 is 0 Å². The number of nitrogens with zero attached hydrogens (tertiary/aromatic N) is 2. The molecule has 14 heavy (non-hydrogen) atoms. The Morgan fingerprint density at radius 1 is 1.36 bits per heavy atom. The van der Waals surface area contributed by atoms with Crippen molar-refractivity contribution in [3.63, 3.8) is 0 Å². The highest BCUT2D eigenvalue weighted by Gasteiger charge is 2.33. The zero-order chi connectivity index (χ0) is 9.86. The largest absolute Gasteiger partial charge is 0.389 e. The van der Waals surface area contributed by atoms with Crippen molar-refractivity contribution in [3.8, 4) is 0 Å². The van der Waals surface area contributed by atoms with E-state index in [1.54, 1.807) is 12.4 Å². The summed E-state index contributed by atoms with van der Waals surface area (Å²) < 4.78 is 0. The van der Waals surface area contributed by atoms with E-state index in [2.05, 4.69) is 15.3 Å². The minimum atomic E-state index is -0.449. The van der Waals surface area contributed by atoms with Gasteiger partial charge >= 0.3 is 0 Å². The molecule has 1 heterocycles. The molecule has 4 heteroatoms. The molecular formula is C10H15N3O. The Labute approximate surface area is 83.4 Å². The lowest BCUT2D eigenvalue weighted by molar-refractivity contribution is -0.0314. The molecule has 0 amide bonds. The van der Waals surface area contributed by atoms with Crippen LogP contribution in [0.4, 0.5) is 0 Å². The summed E-state index contributed by atoms with van der Waals surface area (Å²) in [5.41, 5.74) is 0.603. The molecule has 76 valence electrons. The van der Waals surface area contributed by atoms with E-state index in [1.807, 2.05) is 0 Å². The zero-order valence-electron chi connectivity index (χ0n) is 8.11. The van der Waals surface area contributed by atoms with Crippen LogP contribution in [0.15, 0.2) is 18.7 Å². The molecule has 4 nitrogen and oxygen atoms in total. The maximum absolute atomic E-state index is 9.79. The monoisotopic (exact) mass is 193 g/mol. The van der Waals surface area contributed by atoms with Gasteiger partial charge in [0.1, 0.15) is 6.33 Å². The van der Waals surface area contributed by atoms with Crippen LogP contribution in [0.3, 0.4) is 0 Å². The molecule has 2 N–H and O–H groups in total. The zero-order valence-corrected chi connectivity index (χ0v) is 8.11. The number of hydrogen-bond donors (Lipinski definition) is 2. The molecule has 0 radical (unpaired) electrons. The van der Waals surface area contributed by atoms with Crippen LogP contribution in [0.25, 0.3) is 0 Å². The predicted molar refractivity (Wildman–Crippen MR) is 52.5 cm³/mol. The summed E-state index contributed by atoms with van der Waals surface area (Å²) in [6.45, 7) is 1.39. The minimum absolute atomic E-state index is 0.449. The second kappa shape index (κ2) is 4.02. The maximum Gasteiger partial charge on any atom is 0.115 e. The third-order valence-electron chi connectivity index (χ3n) is 2.68. The van der Waals surface area contributed by atoms with Gasteiger partial charge in [-0.3, -0.25) is 0 Å². The van der Waals surface area contributed by atoms with E-state index in [-0.39, 0.29) is 0 Å². The summed E-state index contributed by atoms with van der Waals surface area (Å²) in [6, 6.07) is 0. The number of aliphatic hydroxyl groups is 1. The quantitative estimate of drug-likeness (QED) is 0.730. The standard InChI is InChI=1S/C10H15N3O/c14-10(2-1-3-10)7-11-4-9-5-12-8-13-6-9/h5-6,8,11,14H,1-4,7H2. The SMILES string of the molecule is OC1(CNCc2cncnc2)CCC1. The fraction of sp³-hybridized carbons (Fsp3) is 0.600. The van der Waals surface area contributed by atoms with Gasteiger partial charge in [-0.15, -0.1) is 0 Å². The predicted octanol–water partition coefficient (Wildman–Crippen LogP) is 0.481. The first-order chi connectivity index (χ1) is 6.79. The molecule has 0 aliphatic heterocycles. The van der Waals surface area contributed by atoms with Crippen LogP contribution in [-0.2, 0) is 6.54 Å². The molecule has 1 aliphatic rings. The summed E-state index contributed by atoms with van der Waals surface area (Å²) in [5.74, 6) is 0. The van der Waals surface area contributed by atoms with Gasteiger partial charge in [-0.1, -0.05) is 0 Å². The first-order valence-corrected chi connectivity index (χ1v) is 4.96. The number of hydrogen-bond acceptors (Lipinski definition) is 4. The second-order valence-electron chi connectivity index (χ2n) is 3.93. The van der Waals surface area contributed by atoms with Crippen molar-refractivity contribution in [2.45, 2.75) is 31.4 Å². The third kappa shape index (κ3) is 2.27. The van der Waals surface area contributed by atoms with Crippen molar-refractivity contribution in [1.29, 1.82) is 0 Å². The number of aromatic nitrogens is 2. The van der Waals surface area contributed by atoms with E-state index >= 15 is 0 Å². The summed E-state index contributed by atoms with van der Waals surface area (Å²) in [6.07, 6.45) is 8.07. The highest BCUT2D eigenvalue weighted by atomic mass is 16.3. The summed E-state index contributed by atoms with van der Waals surface area (Å²) in [5, 5.41) is 13.0. The van der Waals surface area contributed by atoms with E-state index < -0.39 is 5.60 Å². The normalized spacial score (nSPS) is 18.9. The molecule has 0 saturated heterocycles. The van der Waals surface area contributed by atoms with Crippen molar-refractivity contribution in [3.05, 3.63) is 24.3 Å². The Morgan fingerprint density at radius 3 is 2.64 bits per heavy atom. The molecule has 2 rings (SSSR count). The van der Waals surface area contributed by atoms with E-state index in [1.165, 1.54) is 6.33 Å². The van der Waals surface area contributed by atoms with Crippen LogP contribution in [0.1, 0.15) is 24.8 Å². The van der Waals surface area contributed by atoms with Crippen molar-refractivity contribution in [2.24, 2.45) is 0 Å². The molecular weight excluding hydrogens is 178 g/mol. The minimum Gasteiger partial charge on any atom is -0.389 e. The Hall–Kier alpha value is -1.00. The maximum atomic E-state index is 9.79. The molecule has 0 atom stereocenters. The van der Waals surface area contributed by atoms with E-state index in [0.29, 0.717) is 6.54 Å².